The molecule has 1 heterocycles. The molecule has 1 atom stereocenters. The maximum Gasteiger partial charge on any atom is 0.0418 e. The van der Waals surface area contributed by atoms with Gasteiger partial charge in [0.2, 0.25) is 0 Å². The van der Waals surface area contributed by atoms with Crippen molar-refractivity contribution >= 4 is 5.69 Å². The van der Waals surface area contributed by atoms with E-state index in [2.05, 4.69) is 66.9 Å². The highest BCUT2D eigenvalue weighted by molar-refractivity contribution is 5.59. The van der Waals surface area contributed by atoms with Crippen molar-refractivity contribution in [3.8, 4) is 0 Å². The van der Waals surface area contributed by atoms with Crippen molar-refractivity contribution in [2.75, 3.05) is 11.9 Å². The molecule has 0 saturated heterocycles. The van der Waals surface area contributed by atoms with Crippen LogP contribution in [-0.2, 0) is 13.0 Å². The molecule has 0 fully saturated rings. The number of nitrogens with one attached hydrogen (secondary N) is 2. The fraction of sp³-hybridized carbons (Fsp3) is 0.368. The monoisotopic (exact) mass is 280 g/mol. The van der Waals surface area contributed by atoms with Gasteiger partial charge in [-0.05, 0) is 48.9 Å². The van der Waals surface area contributed by atoms with E-state index in [0.717, 1.165) is 13.1 Å². The van der Waals surface area contributed by atoms with Gasteiger partial charge < -0.3 is 10.6 Å². The van der Waals surface area contributed by atoms with Crippen LogP contribution < -0.4 is 10.6 Å². The molecule has 2 nitrogen and oxygen atoms in total. The van der Waals surface area contributed by atoms with Gasteiger partial charge in [0, 0.05) is 24.8 Å². The molecule has 0 aromatic heterocycles. The predicted octanol–water partition coefficient (Wildman–Crippen LogP) is 4.20. The minimum absolute atomic E-state index is 0.366. The van der Waals surface area contributed by atoms with Crippen molar-refractivity contribution in [2.24, 2.45) is 0 Å². The molecular weight excluding hydrogens is 256 g/mol. The first-order valence-electron chi connectivity index (χ1n) is 7.89. The molecule has 0 radical (unpaired) electrons. The molecule has 21 heavy (non-hydrogen) atoms. The van der Waals surface area contributed by atoms with E-state index in [1.165, 1.54) is 40.8 Å². The highest BCUT2D eigenvalue weighted by Gasteiger charge is 2.13. The summed E-state index contributed by atoms with van der Waals surface area (Å²) in [5.41, 5.74) is 6.94. The molecule has 1 unspecified atom stereocenters. The molecule has 1 aliphatic rings. The van der Waals surface area contributed by atoms with Crippen LogP contribution >= 0.6 is 0 Å². The average molecular weight is 280 g/mol. The molecule has 0 amide bonds. The van der Waals surface area contributed by atoms with Crippen LogP contribution in [-0.4, -0.2) is 6.54 Å². The number of benzene rings is 2. The zero-order valence-corrected chi connectivity index (χ0v) is 12.9. The van der Waals surface area contributed by atoms with Crippen molar-refractivity contribution in [2.45, 2.75) is 39.3 Å². The fourth-order valence-corrected chi connectivity index (χ4v) is 3.17. The Kier molecular flexibility index (Phi) is 4.26. The number of rotatable bonds is 4. The van der Waals surface area contributed by atoms with Crippen molar-refractivity contribution in [1.82, 2.24) is 5.32 Å². The van der Waals surface area contributed by atoms with Crippen LogP contribution in [0.5, 0.6) is 0 Å². The summed E-state index contributed by atoms with van der Waals surface area (Å²) < 4.78 is 0. The molecule has 2 N–H and O–H groups in total. The van der Waals surface area contributed by atoms with Crippen molar-refractivity contribution in [1.29, 1.82) is 0 Å². The minimum atomic E-state index is 0.366. The summed E-state index contributed by atoms with van der Waals surface area (Å²) in [5.74, 6) is 0. The van der Waals surface area contributed by atoms with Crippen LogP contribution in [0.3, 0.4) is 0 Å². The lowest BCUT2D eigenvalue weighted by atomic mass is 9.98. The highest BCUT2D eigenvalue weighted by Crippen LogP contribution is 2.26. The number of hydrogen-bond donors (Lipinski definition) is 2. The summed E-state index contributed by atoms with van der Waals surface area (Å²) in [5, 5.41) is 7.23. The first-order valence-corrected chi connectivity index (χ1v) is 7.89. The van der Waals surface area contributed by atoms with Crippen LogP contribution in [0.4, 0.5) is 5.69 Å². The molecule has 2 aromatic carbocycles. The van der Waals surface area contributed by atoms with Crippen molar-refractivity contribution in [3.05, 3.63) is 64.7 Å². The van der Waals surface area contributed by atoms with Crippen LogP contribution in [0, 0.1) is 6.92 Å². The Bertz CT molecular complexity index is 619. The molecular formula is C19H24N2. The Morgan fingerprint density at radius 2 is 2.00 bits per heavy atom. The van der Waals surface area contributed by atoms with E-state index < -0.39 is 0 Å². The number of fused-ring (bicyclic) bond motifs is 1. The van der Waals surface area contributed by atoms with E-state index in [-0.39, 0.29) is 0 Å². The lowest BCUT2D eigenvalue weighted by molar-refractivity contribution is 0.572. The van der Waals surface area contributed by atoms with Crippen LogP contribution in [0.25, 0.3) is 0 Å². The topological polar surface area (TPSA) is 24.1 Å². The Morgan fingerprint density at radius 1 is 1.14 bits per heavy atom. The predicted molar refractivity (Wildman–Crippen MR) is 89.7 cm³/mol. The zero-order valence-electron chi connectivity index (χ0n) is 12.9. The van der Waals surface area contributed by atoms with Crippen molar-refractivity contribution < 1.29 is 0 Å². The van der Waals surface area contributed by atoms with E-state index in [9.17, 15) is 0 Å². The lowest BCUT2D eigenvalue weighted by Crippen LogP contribution is -2.21. The highest BCUT2D eigenvalue weighted by atomic mass is 14.9. The van der Waals surface area contributed by atoms with Gasteiger partial charge in [0.25, 0.3) is 0 Å². The molecule has 110 valence electrons. The van der Waals surface area contributed by atoms with E-state index in [0.29, 0.717) is 6.04 Å². The summed E-state index contributed by atoms with van der Waals surface area (Å²) in [7, 11) is 0. The van der Waals surface area contributed by atoms with Crippen LogP contribution in [0.2, 0.25) is 0 Å². The summed E-state index contributed by atoms with van der Waals surface area (Å²) in [4.78, 5) is 0. The second kappa shape index (κ2) is 6.31. The van der Waals surface area contributed by atoms with E-state index >= 15 is 0 Å². The standard InChI is InChI=1S/C19H24N2/c1-14-7-3-4-11-18(14)15(2)21-13-17-9-5-8-16-10-6-12-20-19(16)17/h3-5,7-9,11,15,20-21H,6,10,12-13H2,1-2H3. The largest absolute Gasteiger partial charge is 0.385 e. The van der Waals surface area contributed by atoms with Gasteiger partial charge in [-0.25, -0.2) is 0 Å². The van der Waals surface area contributed by atoms with Gasteiger partial charge in [-0.15, -0.1) is 0 Å². The second-order valence-electron chi connectivity index (χ2n) is 5.94. The van der Waals surface area contributed by atoms with Gasteiger partial charge >= 0.3 is 0 Å². The first kappa shape index (κ1) is 14.2. The third-order valence-electron chi connectivity index (χ3n) is 4.42. The van der Waals surface area contributed by atoms with E-state index in [1.54, 1.807) is 0 Å². The maximum atomic E-state index is 3.67. The summed E-state index contributed by atoms with van der Waals surface area (Å²) in [6.07, 6.45) is 2.44. The average Bonchev–Trinajstić information content (AvgIpc) is 2.53. The molecule has 2 heteroatoms. The second-order valence-corrected chi connectivity index (χ2v) is 5.94. The van der Waals surface area contributed by atoms with E-state index in [4.69, 9.17) is 0 Å². The molecule has 1 aliphatic heterocycles. The van der Waals surface area contributed by atoms with Gasteiger partial charge in [-0.1, -0.05) is 42.5 Å². The Labute approximate surface area is 127 Å². The fourth-order valence-electron chi connectivity index (χ4n) is 3.17. The number of para-hydroxylation sites is 1. The minimum Gasteiger partial charge on any atom is -0.385 e. The van der Waals surface area contributed by atoms with Crippen LogP contribution in [0.15, 0.2) is 42.5 Å². The molecule has 0 saturated carbocycles. The smallest absolute Gasteiger partial charge is 0.0418 e. The van der Waals surface area contributed by atoms with Gasteiger partial charge in [0.05, 0.1) is 0 Å². The van der Waals surface area contributed by atoms with Crippen molar-refractivity contribution in [3.63, 3.8) is 0 Å². The maximum absolute atomic E-state index is 3.67. The summed E-state index contributed by atoms with van der Waals surface area (Å²) in [6.45, 7) is 6.42. The number of hydrogen-bond acceptors (Lipinski definition) is 2. The summed E-state index contributed by atoms with van der Waals surface area (Å²) in [6, 6.07) is 15.6. The third-order valence-corrected chi connectivity index (χ3v) is 4.42. The Balaban J connectivity index is 1.72. The SMILES string of the molecule is Cc1ccccc1C(C)NCc1cccc2c1NCCC2. The van der Waals surface area contributed by atoms with Gasteiger partial charge in [-0.3, -0.25) is 0 Å². The quantitative estimate of drug-likeness (QED) is 0.877. The lowest BCUT2D eigenvalue weighted by Gasteiger charge is -2.23. The van der Waals surface area contributed by atoms with Gasteiger partial charge in [-0.2, -0.15) is 0 Å². The number of anilines is 1. The summed E-state index contributed by atoms with van der Waals surface area (Å²) >= 11 is 0. The molecule has 0 aliphatic carbocycles. The van der Waals surface area contributed by atoms with Gasteiger partial charge in [0.15, 0.2) is 0 Å². The Hall–Kier alpha value is -1.80. The normalized spacial score (nSPS) is 15.1. The molecule has 0 spiro atoms. The van der Waals surface area contributed by atoms with Crippen LogP contribution in [0.1, 0.15) is 41.6 Å². The molecule has 3 rings (SSSR count). The molecule has 2 aromatic rings. The van der Waals surface area contributed by atoms with E-state index in [1.807, 2.05) is 0 Å². The molecule has 0 bridgehead atoms. The third kappa shape index (κ3) is 3.11. The Morgan fingerprint density at radius 3 is 2.86 bits per heavy atom. The number of aryl methyl sites for hydroxylation is 2. The zero-order chi connectivity index (χ0) is 14.7. The van der Waals surface area contributed by atoms with Gasteiger partial charge in [0.1, 0.15) is 0 Å². The first-order chi connectivity index (χ1) is 10.3.